The lowest BCUT2D eigenvalue weighted by molar-refractivity contribution is 0.185. The molecule has 1 heterocycles. The van der Waals surface area contributed by atoms with Crippen molar-refractivity contribution in [3.05, 3.63) is 23.9 Å². The van der Waals surface area contributed by atoms with Gasteiger partial charge >= 0.3 is 0 Å². The Morgan fingerprint density at radius 3 is 2.84 bits per heavy atom. The second kappa shape index (κ2) is 7.46. The van der Waals surface area contributed by atoms with Gasteiger partial charge in [0.2, 0.25) is 5.88 Å². The maximum atomic E-state index is 5.65. The Morgan fingerprint density at radius 2 is 2.16 bits per heavy atom. The lowest BCUT2D eigenvalue weighted by atomic mass is 10.2. The lowest BCUT2D eigenvalue weighted by Gasteiger charge is -2.28. The summed E-state index contributed by atoms with van der Waals surface area (Å²) < 4.78 is 5.19. The normalized spacial score (nSPS) is 16.2. The highest BCUT2D eigenvalue weighted by Gasteiger charge is 2.22. The largest absolute Gasteiger partial charge is 0.481 e. The lowest BCUT2D eigenvalue weighted by Crippen LogP contribution is -2.34. The number of rotatable bonds is 7. The van der Waals surface area contributed by atoms with E-state index < -0.39 is 0 Å². The van der Waals surface area contributed by atoms with E-state index in [4.69, 9.17) is 10.5 Å². The molecule has 0 spiro atoms. The number of nitrogens with two attached hydrogens (primary N) is 1. The molecule has 0 atom stereocenters. The Hall–Kier alpha value is -1.13. The van der Waals surface area contributed by atoms with Crippen molar-refractivity contribution in [3.8, 4) is 5.88 Å². The summed E-state index contributed by atoms with van der Waals surface area (Å²) >= 11 is 0. The highest BCUT2D eigenvalue weighted by molar-refractivity contribution is 5.15. The molecule has 0 amide bonds. The Labute approximate surface area is 116 Å². The average Bonchev–Trinajstić information content (AvgIpc) is 2.97. The van der Waals surface area contributed by atoms with E-state index in [1.807, 2.05) is 12.1 Å². The molecule has 1 fully saturated rings. The molecule has 106 valence electrons. The fraction of sp³-hybridized carbons (Fsp3) is 0.667. The minimum Gasteiger partial charge on any atom is -0.481 e. The van der Waals surface area contributed by atoms with Gasteiger partial charge in [0.25, 0.3) is 0 Å². The van der Waals surface area contributed by atoms with E-state index in [-0.39, 0.29) is 0 Å². The number of nitrogens with zero attached hydrogens (tertiary/aromatic N) is 2. The van der Waals surface area contributed by atoms with Gasteiger partial charge in [-0.25, -0.2) is 4.98 Å². The molecule has 1 saturated carbocycles. The SMILES string of the molecule is COc1cccc(CN(CCCN)C2CCCC2)n1. The van der Waals surface area contributed by atoms with Crippen LogP contribution in [0.5, 0.6) is 5.88 Å². The van der Waals surface area contributed by atoms with Crippen molar-refractivity contribution in [1.82, 2.24) is 9.88 Å². The third-order valence-electron chi connectivity index (χ3n) is 3.85. The van der Waals surface area contributed by atoms with Crippen molar-refractivity contribution >= 4 is 0 Å². The zero-order valence-electron chi connectivity index (χ0n) is 11.8. The standard InChI is InChI=1S/C15H25N3O/c1-19-15-9-4-6-13(17-15)12-18(11-5-10-16)14-7-2-3-8-14/h4,6,9,14H,2-3,5,7-8,10-12,16H2,1H3. The van der Waals surface area contributed by atoms with Crippen molar-refractivity contribution in [1.29, 1.82) is 0 Å². The number of hydrogen-bond acceptors (Lipinski definition) is 4. The molecule has 1 aromatic heterocycles. The first-order chi connectivity index (χ1) is 9.33. The molecule has 19 heavy (non-hydrogen) atoms. The number of hydrogen-bond donors (Lipinski definition) is 1. The first kappa shape index (κ1) is 14.3. The second-order valence-electron chi connectivity index (χ2n) is 5.22. The summed E-state index contributed by atoms with van der Waals surface area (Å²) in [5.41, 5.74) is 6.74. The van der Waals surface area contributed by atoms with Crippen LogP contribution in [0.15, 0.2) is 18.2 Å². The molecule has 4 nitrogen and oxygen atoms in total. The molecule has 2 rings (SSSR count). The van der Waals surface area contributed by atoms with E-state index in [1.54, 1.807) is 7.11 Å². The van der Waals surface area contributed by atoms with Crippen molar-refractivity contribution < 1.29 is 4.74 Å². The zero-order chi connectivity index (χ0) is 13.5. The Kier molecular flexibility index (Phi) is 5.61. The summed E-state index contributed by atoms with van der Waals surface area (Å²) in [5.74, 6) is 0.697. The van der Waals surface area contributed by atoms with Crippen LogP contribution in [0, 0.1) is 0 Å². The molecule has 0 saturated heterocycles. The summed E-state index contributed by atoms with van der Waals surface area (Å²) in [6, 6.07) is 6.69. The molecule has 2 N–H and O–H groups in total. The minimum absolute atomic E-state index is 0.697. The van der Waals surface area contributed by atoms with Crippen LogP contribution >= 0.6 is 0 Å². The first-order valence-electron chi connectivity index (χ1n) is 7.27. The Morgan fingerprint density at radius 1 is 1.37 bits per heavy atom. The molecule has 0 radical (unpaired) electrons. The van der Waals surface area contributed by atoms with Crippen LogP contribution in [0.3, 0.4) is 0 Å². The zero-order valence-corrected chi connectivity index (χ0v) is 11.8. The fourth-order valence-electron chi connectivity index (χ4n) is 2.82. The van der Waals surface area contributed by atoms with Gasteiger partial charge in [0.05, 0.1) is 12.8 Å². The van der Waals surface area contributed by atoms with E-state index in [9.17, 15) is 0 Å². The minimum atomic E-state index is 0.697. The van der Waals surface area contributed by atoms with Crippen LogP contribution in [-0.4, -0.2) is 36.1 Å². The van der Waals surface area contributed by atoms with Crippen LogP contribution in [0.25, 0.3) is 0 Å². The van der Waals surface area contributed by atoms with Crippen LogP contribution in [0.4, 0.5) is 0 Å². The molecule has 0 bridgehead atoms. The molecular weight excluding hydrogens is 238 g/mol. The predicted octanol–water partition coefficient (Wildman–Crippen LogP) is 2.18. The molecule has 0 unspecified atom stereocenters. The smallest absolute Gasteiger partial charge is 0.213 e. The van der Waals surface area contributed by atoms with Crippen molar-refractivity contribution in [2.75, 3.05) is 20.2 Å². The fourth-order valence-corrected chi connectivity index (χ4v) is 2.82. The van der Waals surface area contributed by atoms with Crippen LogP contribution < -0.4 is 10.5 Å². The van der Waals surface area contributed by atoms with E-state index in [1.165, 1.54) is 25.7 Å². The van der Waals surface area contributed by atoms with Gasteiger partial charge in [0, 0.05) is 25.2 Å². The molecule has 0 aliphatic heterocycles. The van der Waals surface area contributed by atoms with Crippen molar-refractivity contribution in [2.24, 2.45) is 5.73 Å². The van der Waals surface area contributed by atoms with Gasteiger partial charge < -0.3 is 10.5 Å². The van der Waals surface area contributed by atoms with Gasteiger partial charge in [-0.3, -0.25) is 4.90 Å². The molecule has 0 aromatic carbocycles. The summed E-state index contributed by atoms with van der Waals surface area (Å²) in [6.07, 6.45) is 6.40. The van der Waals surface area contributed by atoms with Crippen LogP contribution in [-0.2, 0) is 6.54 Å². The van der Waals surface area contributed by atoms with Crippen molar-refractivity contribution in [3.63, 3.8) is 0 Å². The second-order valence-corrected chi connectivity index (χ2v) is 5.22. The van der Waals surface area contributed by atoms with E-state index >= 15 is 0 Å². The summed E-state index contributed by atoms with van der Waals surface area (Å²) in [5, 5.41) is 0. The van der Waals surface area contributed by atoms with E-state index in [0.717, 1.165) is 31.7 Å². The predicted molar refractivity (Wildman–Crippen MR) is 77.1 cm³/mol. The number of aromatic nitrogens is 1. The summed E-state index contributed by atoms with van der Waals surface area (Å²) in [6.45, 7) is 2.73. The molecule has 1 aliphatic carbocycles. The number of methoxy groups -OCH3 is 1. The van der Waals surface area contributed by atoms with Crippen LogP contribution in [0.2, 0.25) is 0 Å². The average molecular weight is 263 g/mol. The molecule has 1 aromatic rings. The van der Waals surface area contributed by atoms with Crippen molar-refractivity contribution in [2.45, 2.75) is 44.7 Å². The monoisotopic (exact) mass is 263 g/mol. The number of ether oxygens (including phenoxy) is 1. The summed E-state index contributed by atoms with van der Waals surface area (Å²) in [4.78, 5) is 7.06. The van der Waals surface area contributed by atoms with E-state index in [0.29, 0.717) is 11.9 Å². The first-order valence-corrected chi connectivity index (χ1v) is 7.27. The Bertz CT molecular complexity index is 377. The molecule has 1 aliphatic rings. The van der Waals surface area contributed by atoms with Gasteiger partial charge in [0.1, 0.15) is 0 Å². The maximum absolute atomic E-state index is 5.65. The van der Waals surface area contributed by atoms with Gasteiger partial charge in [-0.15, -0.1) is 0 Å². The maximum Gasteiger partial charge on any atom is 0.213 e. The third kappa shape index (κ3) is 4.18. The highest BCUT2D eigenvalue weighted by Crippen LogP contribution is 2.25. The van der Waals surface area contributed by atoms with E-state index in [2.05, 4.69) is 16.0 Å². The third-order valence-corrected chi connectivity index (χ3v) is 3.85. The number of pyridine rings is 1. The molecule has 4 heteroatoms. The van der Waals surface area contributed by atoms with Gasteiger partial charge in [0.15, 0.2) is 0 Å². The molecular formula is C15H25N3O. The van der Waals surface area contributed by atoms with Gasteiger partial charge in [-0.1, -0.05) is 18.9 Å². The highest BCUT2D eigenvalue weighted by atomic mass is 16.5. The Balaban J connectivity index is 2.00. The quantitative estimate of drug-likeness (QED) is 0.819. The summed E-state index contributed by atoms with van der Waals surface area (Å²) in [7, 11) is 1.66. The van der Waals surface area contributed by atoms with Gasteiger partial charge in [-0.2, -0.15) is 0 Å². The van der Waals surface area contributed by atoms with Gasteiger partial charge in [-0.05, 0) is 31.9 Å². The topological polar surface area (TPSA) is 51.4 Å². The van der Waals surface area contributed by atoms with Crippen LogP contribution in [0.1, 0.15) is 37.8 Å².